The molecule has 0 aromatic carbocycles. The number of hydrogen-bond acceptors (Lipinski definition) is 4. The zero-order chi connectivity index (χ0) is 18.2. The number of aliphatic hydroxyl groups is 2. The maximum absolute atomic E-state index is 12.2. The number of carbonyl (C=O) groups excluding carboxylic acids is 2. The van der Waals surface area contributed by atoms with Crippen LogP contribution in [0.25, 0.3) is 0 Å². The summed E-state index contributed by atoms with van der Waals surface area (Å²) in [6, 6.07) is 0. The second-order valence-electron chi connectivity index (χ2n) is 8.71. The van der Waals surface area contributed by atoms with E-state index in [0.717, 1.165) is 18.4 Å². The van der Waals surface area contributed by atoms with E-state index in [1.807, 2.05) is 13.0 Å². The van der Waals surface area contributed by atoms with Crippen molar-refractivity contribution in [1.82, 2.24) is 0 Å². The van der Waals surface area contributed by atoms with Crippen LogP contribution in [0.1, 0.15) is 46.5 Å². The Balaban J connectivity index is 1.81. The average molecular weight is 342 g/mol. The molecule has 0 aromatic heterocycles. The topological polar surface area (TPSA) is 74.6 Å². The highest BCUT2D eigenvalue weighted by Crippen LogP contribution is 2.64. The van der Waals surface area contributed by atoms with Crippen molar-refractivity contribution in [3.63, 3.8) is 0 Å². The molecule has 4 rings (SSSR count). The van der Waals surface area contributed by atoms with E-state index >= 15 is 0 Å². The third-order valence-electron chi connectivity index (χ3n) is 7.71. The van der Waals surface area contributed by atoms with E-state index in [2.05, 4.69) is 13.0 Å². The van der Waals surface area contributed by atoms with Gasteiger partial charge in [0.1, 0.15) is 0 Å². The Hall–Kier alpha value is -1.52. The quantitative estimate of drug-likeness (QED) is 0.718. The Morgan fingerprint density at radius 2 is 2.04 bits per heavy atom. The van der Waals surface area contributed by atoms with Crippen LogP contribution in [0.2, 0.25) is 0 Å². The number of Topliss-reactive ketones (excluding diaryl/α,β-unsaturated/α-hetero) is 1. The molecule has 134 valence electrons. The van der Waals surface area contributed by atoms with Crippen LogP contribution in [-0.2, 0) is 9.59 Å². The molecule has 0 bridgehead atoms. The molecule has 4 aliphatic rings. The second kappa shape index (κ2) is 5.01. The standard InChI is InChI=1S/C21H26O4/c1-12(22)21(25)18(24)11-17-15-5-4-13-10-14(23)6-8-19(13,2)16(15)7-9-20(17,21)3/h6-8,10,15,17-18,24-25H,4-5,9,11H2,1-3H3/t15?,17?,18-,19?,20?,21-/m1/s1. The summed E-state index contributed by atoms with van der Waals surface area (Å²) in [4.78, 5) is 24.0. The number of rotatable bonds is 1. The third-order valence-corrected chi connectivity index (χ3v) is 7.71. The van der Waals surface area contributed by atoms with E-state index in [9.17, 15) is 19.8 Å². The first-order valence-electron chi connectivity index (χ1n) is 9.21. The number of hydrogen-bond donors (Lipinski definition) is 2. The van der Waals surface area contributed by atoms with Crippen molar-refractivity contribution < 1.29 is 19.8 Å². The van der Waals surface area contributed by atoms with Crippen molar-refractivity contribution >= 4 is 11.6 Å². The number of aliphatic hydroxyl groups excluding tert-OH is 1. The van der Waals surface area contributed by atoms with Gasteiger partial charge in [-0.25, -0.2) is 0 Å². The van der Waals surface area contributed by atoms with Gasteiger partial charge < -0.3 is 10.2 Å². The van der Waals surface area contributed by atoms with Crippen LogP contribution in [0.5, 0.6) is 0 Å². The minimum Gasteiger partial charge on any atom is -0.390 e. The lowest BCUT2D eigenvalue weighted by Crippen LogP contribution is -2.57. The van der Waals surface area contributed by atoms with Gasteiger partial charge in [-0.05, 0) is 63.5 Å². The van der Waals surface area contributed by atoms with Crippen molar-refractivity contribution in [2.45, 2.75) is 58.2 Å². The SMILES string of the molecule is CC(=O)[C@@]1(O)[C@H](O)CC2C3CCC4=CC(=O)C=CC4(C)C3=CCC21C. The predicted octanol–water partition coefficient (Wildman–Crippen LogP) is 2.51. The van der Waals surface area contributed by atoms with Crippen LogP contribution in [0, 0.1) is 22.7 Å². The van der Waals surface area contributed by atoms with Crippen LogP contribution < -0.4 is 0 Å². The molecule has 0 spiro atoms. The molecule has 0 amide bonds. The van der Waals surface area contributed by atoms with E-state index in [4.69, 9.17) is 0 Å². The van der Waals surface area contributed by atoms with E-state index < -0.39 is 17.1 Å². The highest BCUT2D eigenvalue weighted by Gasteiger charge is 2.67. The van der Waals surface area contributed by atoms with Gasteiger partial charge in [0.25, 0.3) is 0 Å². The van der Waals surface area contributed by atoms with Gasteiger partial charge in [0.15, 0.2) is 17.2 Å². The third kappa shape index (κ3) is 1.90. The molecule has 6 atom stereocenters. The molecule has 4 heteroatoms. The smallest absolute Gasteiger partial charge is 0.178 e. The summed E-state index contributed by atoms with van der Waals surface area (Å²) in [6.07, 6.45) is 9.34. The number of ketones is 2. The largest absolute Gasteiger partial charge is 0.390 e. The van der Waals surface area contributed by atoms with Crippen LogP contribution in [0.15, 0.2) is 35.5 Å². The Morgan fingerprint density at radius 3 is 2.72 bits per heavy atom. The molecule has 0 aliphatic heterocycles. The fraction of sp³-hybridized carbons (Fsp3) is 0.619. The van der Waals surface area contributed by atoms with Gasteiger partial charge in [0.05, 0.1) is 6.10 Å². The highest BCUT2D eigenvalue weighted by molar-refractivity contribution is 6.01. The number of allylic oxidation sites excluding steroid dienone is 6. The second-order valence-corrected chi connectivity index (χ2v) is 8.71. The first kappa shape index (κ1) is 16.9. The average Bonchev–Trinajstić information content (AvgIpc) is 2.77. The Bertz CT molecular complexity index is 760. The molecule has 4 nitrogen and oxygen atoms in total. The number of carbonyl (C=O) groups is 2. The van der Waals surface area contributed by atoms with Gasteiger partial charge in [0, 0.05) is 10.8 Å². The summed E-state index contributed by atoms with van der Waals surface area (Å²) in [5.74, 6) is 0.00427. The van der Waals surface area contributed by atoms with Crippen LogP contribution in [0.3, 0.4) is 0 Å². The molecule has 4 aliphatic carbocycles. The van der Waals surface area contributed by atoms with E-state index in [1.54, 1.807) is 12.2 Å². The molecular formula is C21H26O4. The summed E-state index contributed by atoms with van der Waals surface area (Å²) in [5.41, 5.74) is -0.115. The Kier molecular flexibility index (Phi) is 3.39. The van der Waals surface area contributed by atoms with Crippen LogP contribution in [-0.4, -0.2) is 33.5 Å². The zero-order valence-corrected chi connectivity index (χ0v) is 15.1. The van der Waals surface area contributed by atoms with Gasteiger partial charge in [-0.3, -0.25) is 9.59 Å². The zero-order valence-electron chi connectivity index (χ0n) is 15.1. The minimum absolute atomic E-state index is 0.0504. The number of fused-ring (bicyclic) bond motifs is 5. The Labute approximate surface area is 148 Å². The molecule has 0 heterocycles. The van der Waals surface area contributed by atoms with Gasteiger partial charge in [-0.15, -0.1) is 0 Å². The lowest BCUT2D eigenvalue weighted by Gasteiger charge is -2.53. The molecular weight excluding hydrogens is 316 g/mol. The molecule has 2 N–H and O–H groups in total. The molecule has 0 aromatic rings. The molecule has 4 unspecified atom stereocenters. The lowest BCUT2D eigenvalue weighted by atomic mass is 9.51. The van der Waals surface area contributed by atoms with Gasteiger partial charge in [-0.2, -0.15) is 0 Å². The summed E-state index contributed by atoms with van der Waals surface area (Å²) >= 11 is 0. The van der Waals surface area contributed by atoms with Gasteiger partial charge >= 0.3 is 0 Å². The fourth-order valence-electron chi connectivity index (χ4n) is 6.18. The first-order chi connectivity index (χ1) is 11.6. The lowest BCUT2D eigenvalue weighted by molar-refractivity contribution is -0.164. The van der Waals surface area contributed by atoms with Crippen molar-refractivity contribution in [2.75, 3.05) is 0 Å². The summed E-state index contributed by atoms with van der Waals surface area (Å²) < 4.78 is 0. The summed E-state index contributed by atoms with van der Waals surface area (Å²) in [6.45, 7) is 5.50. The maximum atomic E-state index is 12.2. The molecule has 2 fully saturated rings. The van der Waals surface area contributed by atoms with E-state index in [0.29, 0.717) is 12.8 Å². The Morgan fingerprint density at radius 1 is 1.32 bits per heavy atom. The van der Waals surface area contributed by atoms with Crippen LogP contribution in [0.4, 0.5) is 0 Å². The monoisotopic (exact) mass is 342 g/mol. The van der Waals surface area contributed by atoms with Crippen molar-refractivity contribution in [3.05, 3.63) is 35.5 Å². The highest BCUT2D eigenvalue weighted by atomic mass is 16.4. The first-order valence-corrected chi connectivity index (χ1v) is 9.21. The minimum atomic E-state index is -1.67. The fourth-order valence-corrected chi connectivity index (χ4v) is 6.18. The van der Waals surface area contributed by atoms with Gasteiger partial charge in [-0.1, -0.05) is 30.2 Å². The normalized spacial score (nSPS) is 48.2. The molecule has 25 heavy (non-hydrogen) atoms. The summed E-state index contributed by atoms with van der Waals surface area (Å²) in [5, 5.41) is 21.7. The molecule has 0 saturated heterocycles. The maximum Gasteiger partial charge on any atom is 0.178 e. The molecule has 2 saturated carbocycles. The molecule has 0 radical (unpaired) electrons. The summed E-state index contributed by atoms with van der Waals surface area (Å²) in [7, 11) is 0. The predicted molar refractivity (Wildman–Crippen MR) is 93.6 cm³/mol. The van der Waals surface area contributed by atoms with Crippen molar-refractivity contribution in [1.29, 1.82) is 0 Å². The van der Waals surface area contributed by atoms with Crippen LogP contribution >= 0.6 is 0 Å². The van der Waals surface area contributed by atoms with E-state index in [1.165, 1.54) is 12.5 Å². The van der Waals surface area contributed by atoms with Crippen molar-refractivity contribution in [2.24, 2.45) is 22.7 Å². The van der Waals surface area contributed by atoms with Crippen molar-refractivity contribution in [3.8, 4) is 0 Å². The van der Waals surface area contributed by atoms with E-state index in [-0.39, 0.29) is 28.8 Å². The van der Waals surface area contributed by atoms with Gasteiger partial charge in [0.2, 0.25) is 0 Å².